The van der Waals surface area contributed by atoms with Crippen LogP contribution < -0.4 is 11.5 Å². The molecule has 0 atom stereocenters. The minimum Gasteiger partial charge on any atom is -0.313 e. The molecule has 0 aliphatic rings. The number of nitrogens with two attached hydrogens (primary N) is 2. The number of hydrogen-bond donors (Lipinski definition) is 2. The minimum atomic E-state index is -0.619. The van der Waals surface area contributed by atoms with Gasteiger partial charge in [0, 0.05) is 5.41 Å². The lowest BCUT2D eigenvalue weighted by molar-refractivity contribution is 0.207. The van der Waals surface area contributed by atoms with Crippen molar-refractivity contribution in [2.75, 3.05) is 0 Å². The van der Waals surface area contributed by atoms with E-state index < -0.39 is 5.66 Å². The lowest BCUT2D eigenvalue weighted by Crippen LogP contribution is -2.59. The van der Waals surface area contributed by atoms with Crippen LogP contribution in [0.2, 0.25) is 0 Å². The van der Waals surface area contributed by atoms with Gasteiger partial charge in [0.05, 0.1) is 5.66 Å². The summed E-state index contributed by atoms with van der Waals surface area (Å²) in [6.45, 7) is 10.1. The Labute approximate surface area is 76.1 Å². The average molecular weight is 180 g/mol. The van der Waals surface area contributed by atoms with E-state index in [1.54, 1.807) is 0 Å². The molecule has 0 aliphatic carbocycles. The van der Waals surface area contributed by atoms with Crippen LogP contribution in [-0.4, -0.2) is 5.66 Å². The Morgan fingerprint density at radius 3 is 1.27 bits per heavy atom. The van der Waals surface area contributed by atoms with Gasteiger partial charge in [-0.25, -0.2) is 0 Å². The Bertz CT molecular complexity index is 114. The van der Waals surface area contributed by atoms with Gasteiger partial charge in [0.1, 0.15) is 0 Å². The van der Waals surface area contributed by atoms with E-state index >= 15 is 0 Å². The summed E-state index contributed by atoms with van der Waals surface area (Å²) in [4.78, 5) is 0. The van der Waals surface area contributed by atoms with Crippen molar-refractivity contribution in [1.82, 2.24) is 0 Å². The smallest absolute Gasteiger partial charge is 0.0665 e. The van der Waals surface area contributed by atoms with Gasteiger partial charge in [-0.3, -0.25) is 0 Å². The average Bonchev–Trinajstić information content (AvgIpc) is 1.62. The van der Waals surface area contributed by atoms with E-state index in [4.69, 9.17) is 11.5 Å². The minimum absolute atomic E-state index is 0. The fourth-order valence-corrected chi connectivity index (χ4v) is 0.539. The third-order valence-electron chi connectivity index (χ3n) is 2.60. The van der Waals surface area contributed by atoms with Gasteiger partial charge in [-0.2, -0.15) is 0 Å². The molecule has 69 valence electrons. The van der Waals surface area contributed by atoms with Crippen LogP contribution in [0.5, 0.6) is 0 Å². The molecule has 0 aliphatic heterocycles. The topological polar surface area (TPSA) is 52.0 Å². The van der Waals surface area contributed by atoms with Crippen LogP contribution in [0.1, 0.15) is 34.6 Å². The first-order chi connectivity index (χ1) is 4.19. The molecular formula is C8H20ClN2. The molecule has 2 nitrogen and oxygen atoms in total. The summed E-state index contributed by atoms with van der Waals surface area (Å²) in [5, 5.41) is 0. The fourth-order valence-electron chi connectivity index (χ4n) is 0.539. The van der Waals surface area contributed by atoms with Crippen LogP contribution in [0, 0.1) is 11.3 Å². The van der Waals surface area contributed by atoms with Crippen LogP contribution >= 0.6 is 12.4 Å². The Morgan fingerprint density at radius 2 is 1.27 bits per heavy atom. The zero-order chi connectivity index (χ0) is 8.58. The van der Waals surface area contributed by atoms with Crippen molar-refractivity contribution in [3.05, 3.63) is 5.92 Å². The second-order valence-electron chi connectivity index (χ2n) is 3.91. The summed E-state index contributed by atoms with van der Waals surface area (Å²) < 4.78 is 0. The predicted molar refractivity (Wildman–Crippen MR) is 52.4 cm³/mol. The van der Waals surface area contributed by atoms with Crippen molar-refractivity contribution < 1.29 is 0 Å². The zero-order valence-corrected chi connectivity index (χ0v) is 8.88. The van der Waals surface area contributed by atoms with Crippen molar-refractivity contribution >= 4 is 12.4 Å². The van der Waals surface area contributed by atoms with Crippen LogP contribution in [-0.2, 0) is 0 Å². The largest absolute Gasteiger partial charge is 0.313 e. The SMILES string of the molecule is C[C](C)C(C)(C)C(C)(N)N.Cl. The highest BCUT2D eigenvalue weighted by atomic mass is 35.5. The van der Waals surface area contributed by atoms with Gasteiger partial charge < -0.3 is 11.5 Å². The molecule has 11 heavy (non-hydrogen) atoms. The number of hydrogen-bond acceptors (Lipinski definition) is 2. The van der Waals surface area contributed by atoms with E-state index in [1.807, 2.05) is 6.92 Å². The number of halogens is 1. The Balaban J connectivity index is 0. The molecule has 1 radical (unpaired) electrons. The monoisotopic (exact) mass is 179 g/mol. The summed E-state index contributed by atoms with van der Waals surface area (Å²) in [6.07, 6.45) is 0. The Kier molecular flexibility index (Phi) is 4.69. The molecule has 0 rings (SSSR count). The molecule has 0 saturated heterocycles. The van der Waals surface area contributed by atoms with Gasteiger partial charge in [0.15, 0.2) is 0 Å². The van der Waals surface area contributed by atoms with Gasteiger partial charge in [0.25, 0.3) is 0 Å². The maximum atomic E-state index is 5.77. The molecule has 0 aromatic heterocycles. The van der Waals surface area contributed by atoms with E-state index in [0.717, 1.165) is 0 Å². The maximum Gasteiger partial charge on any atom is 0.0665 e. The van der Waals surface area contributed by atoms with E-state index in [1.165, 1.54) is 5.92 Å². The first-order valence-corrected chi connectivity index (χ1v) is 3.58. The Hall–Kier alpha value is 0.210. The second-order valence-corrected chi connectivity index (χ2v) is 3.91. The zero-order valence-electron chi connectivity index (χ0n) is 8.06. The molecule has 0 heterocycles. The molecule has 0 unspecified atom stereocenters. The Morgan fingerprint density at radius 1 is 1.00 bits per heavy atom. The lowest BCUT2D eigenvalue weighted by atomic mass is 9.72. The van der Waals surface area contributed by atoms with Crippen molar-refractivity contribution in [3.63, 3.8) is 0 Å². The summed E-state index contributed by atoms with van der Waals surface area (Å²) in [7, 11) is 0. The molecule has 0 spiro atoms. The molecular weight excluding hydrogens is 160 g/mol. The lowest BCUT2D eigenvalue weighted by Gasteiger charge is -2.41. The second kappa shape index (κ2) is 3.74. The molecule has 3 heteroatoms. The van der Waals surface area contributed by atoms with Crippen molar-refractivity contribution in [2.45, 2.75) is 40.3 Å². The van der Waals surface area contributed by atoms with Crippen LogP contribution in [0.15, 0.2) is 0 Å². The quantitative estimate of drug-likeness (QED) is 0.634. The first-order valence-electron chi connectivity index (χ1n) is 3.58. The summed E-state index contributed by atoms with van der Waals surface area (Å²) >= 11 is 0. The van der Waals surface area contributed by atoms with E-state index in [0.29, 0.717) is 0 Å². The molecule has 0 amide bonds. The van der Waals surface area contributed by atoms with E-state index in [-0.39, 0.29) is 17.8 Å². The highest BCUT2D eigenvalue weighted by Crippen LogP contribution is 2.34. The van der Waals surface area contributed by atoms with Crippen LogP contribution in [0.4, 0.5) is 0 Å². The van der Waals surface area contributed by atoms with Gasteiger partial charge in [-0.1, -0.05) is 27.7 Å². The van der Waals surface area contributed by atoms with Crippen LogP contribution in [0.25, 0.3) is 0 Å². The van der Waals surface area contributed by atoms with Gasteiger partial charge in [-0.05, 0) is 12.8 Å². The van der Waals surface area contributed by atoms with E-state index in [9.17, 15) is 0 Å². The third-order valence-corrected chi connectivity index (χ3v) is 2.60. The van der Waals surface area contributed by atoms with Crippen LogP contribution in [0.3, 0.4) is 0 Å². The highest BCUT2D eigenvalue weighted by molar-refractivity contribution is 5.85. The molecule has 0 fully saturated rings. The molecule has 0 aromatic carbocycles. The maximum absolute atomic E-state index is 5.77. The molecule has 0 saturated carbocycles. The van der Waals surface area contributed by atoms with Crippen molar-refractivity contribution in [3.8, 4) is 0 Å². The normalized spacial score (nSPS) is 13.1. The molecule has 0 bridgehead atoms. The van der Waals surface area contributed by atoms with Gasteiger partial charge in [-0.15, -0.1) is 12.4 Å². The van der Waals surface area contributed by atoms with Gasteiger partial charge in [0.2, 0.25) is 0 Å². The standard InChI is InChI=1S/C8H19N2.ClH/c1-6(2)7(3,4)8(5,9)10;/h9-10H2,1-5H3;1H. The molecule has 0 aromatic rings. The molecule has 4 N–H and O–H groups in total. The van der Waals surface area contributed by atoms with Crippen molar-refractivity contribution in [1.29, 1.82) is 0 Å². The predicted octanol–water partition coefficient (Wildman–Crippen LogP) is 1.68. The van der Waals surface area contributed by atoms with E-state index in [2.05, 4.69) is 27.7 Å². The van der Waals surface area contributed by atoms with Gasteiger partial charge >= 0.3 is 0 Å². The third kappa shape index (κ3) is 2.97. The first kappa shape index (κ1) is 13.8. The summed E-state index contributed by atoms with van der Waals surface area (Å²) in [5.41, 5.74) is 10.8. The highest BCUT2D eigenvalue weighted by Gasteiger charge is 2.36. The van der Waals surface area contributed by atoms with Crippen molar-refractivity contribution in [2.24, 2.45) is 16.9 Å². The fraction of sp³-hybridized carbons (Fsp3) is 0.875. The number of rotatable bonds is 2. The summed E-state index contributed by atoms with van der Waals surface area (Å²) in [6, 6.07) is 0. The summed E-state index contributed by atoms with van der Waals surface area (Å²) in [5.74, 6) is 1.26.